The minimum atomic E-state index is 0.634. The number of rotatable bonds is 4. The van der Waals surface area contributed by atoms with Gasteiger partial charge in [-0.2, -0.15) is 23.5 Å². The number of para-hydroxylation sites is 1. The molecule has 2 aromatic rings. The molecule has 2 nitrogen and oxygen atoms in total. The number of benzene rings is 1. The zero-order valence-electron chi connectivity index (χ0n) is 11.6. The highest BCUT2D eigenvalue weighted by molar-refractivity contribution is 8.06. The quantitative estimate of drug-likeness (QED) is 0.792. The van der Waals surface area contributed by atoms with Gasteiger partial charge in [0.05, 0.1) is 11.0 Å². The van der Waals surface area contributed by atoms with E-state index in [-0.39, 0.29) is 0 Å². The molecule has 0 amide bonds. The lowest BCUT2D eigenvalue weighted by Gasteiger charge is -2.23. The molecule has 0 saturated carbocycles. The summed E-state index contributed by atoms with van der Waals surface area (Å²) in [5, 5.41) is 0.694. The lowest BCUT2D eigenvalue weighted by Crippen LogP contribution is -2.22. The molecular formula is C15H19ClN2S2. The molecule has 1 aliphatic heterocycles. The molecule has 2 heterocycles. The highest BCUT2D eigenvalue weighted by atomic mass is 35.5. The van der Waals surface area contributed by atoms with E-state index in [1.54, 1.807) is 0 Å². The van der Waals surface area contributed by atoms with E-state index in [2.05, 4.69) is 53.2 Å². The van der Waals surface area contributed by atoms with Crippen molar-refractivity contribution in [1.82, 2.24) is 9.55 Å². The van der Waals surface area contributed by atoms with Gasteiger partial charge in [-0.05, 0) is 18.6 Å². The van der Waals surface area contributed by atoms with Gasteiger partial charge in [0.2, 0.25) is 0 Å². The van der Waals surface area contributed by atoms with Crippen molar-refractivity contribution in [2.75, 3.05) is 23.1 Å². The number of fused-ring (bicyclic) bond motifs is 1. The van der Waals surface area contributed by atoms with Crippen LogP contribution in [0.1, 0.15) is 11.4 Å². The number of thioether (sulfide) groups is 2. The predicted molar refractivity (Wildman–Crippen MR) is 92.5 cm³/mol. The summed E-state index contributed by atoms with van der Waals surface area (Å²) in [5.74, 6) is 5.58. The molecule has 1 aromatic carbocycles. The van der Waals surface area contributed by atoms with Gasteiger partial charge < -0.3 is 4.57 Å². The molecule has 1 aromatic heterocycles. The summed E-state index contributed by atoms with van der Waals surface area (Å²) in [5.41, 5.74) is 3.71. The number of aryl methyl sites for hydroxylation is 2. The molecule has 0 aliphatic carbocycles. The summed E-state index contributed by atoms with van der Waals surface area (Å²) < 4.78 is 2.41. The number of hydrogen-bond donors (Lipinski definition) is 0. The Kier molecular flexibility index (Phi) is 4.84. The molecule has 3 rings (SSSR count). The van der Waals surface area contributed by atoms with Crippen LogP contribution >= 0.6 is 35.1 Å². The highest BCUT2D eigenvalue weighted by Crippen LogP contribution is 2.28. The van der Waals surface area contributed by atoms with Crippen LogP contribution in [0.15, 0.2) is 18.2 Å². The summed E-state index contributed by atoms with van der Waals surface area (Å²) in [6.45, 7) is 3.24. The largest absolute Gasteiger partial charge is 0.327 e. The molecule has 0 bridgehead atoms. The van der Waals surface area contributed by atoms with Crippen LogP contribution in [0.4, 0.5) is 0 Å². The topological polar surface area (TPSA) is 17.8 Å². The lowest BCUT2D eigenvalue weighted by atomic mass is 10.2. The van der Waals surface area contributed by atoms with E-state index >= 15 is 0 Å². The summed E-state index contributed by atoms with van der Waals surface area (Å²) >= 11 is 10.1. The predicted octanol–water partition coefficient (Wildman–Crippen LogP) is 3.97. The van der Waals surface area contributed by atoms with Crippen molar-refractivity contribution < 1.29 is 0 Å². The van der Waals surface area contributed by atoms with Crippen molar-refractivity contribution in [3.05, 3.63) is 29.6 Å². The van der Waals surface area contributed by atoms with Crippen LogP contribution in [0, 0.1) is 6.92 Å². The second-order valence-corrected chi connectivity index (χ2v) is 8.02. The highest BCUT2D eigenvalue weighted by Gasteiger charge is 2.19. The average molecular weight is 327 g/mol. The molecule has 1 saturated heterocycles. The summed E-state index contributed by atoms with van der Waals surface area (Å²) in [6.07, 6.45) is 0.847. The lowest BCUT2D eigenvalue weighted by molar-refractivity contribution is 0.673. The molecule has 1 fully saturated rings. The van der Waals surface area contributed by atoms with Crippen LogP contribution in [0.3, 0.4) is 0 Å². The normalized spacial score (nSPS) is 19.6. The Morgan fingerprint density at radius 1 is 1.40 bits per heavy atom. The van der Waals surface area contributed by atoms with Gasteiger partial charge in [-0.3, -0.25) is 0 Å². The van der Waals surface area contributed by atoms with Gasteiger partial charge in [0, 0.05) is 41.4 Å². The molecule has 20 heavy (non-hydrogen) atoms. The molecule has 0 spiro atoms. The van der Waals surface area contributed by atoms with Crippen molar-refractivity contribution in [2.45, 2.75) is 25.1 Å². The minimum Gasteiger partial charge on any atom is -0.327 e. The Labute approximate surface area is 133 Å². The Hall–Kier alpha value is -0.320. The van der Waals surface area contributed by atoms with Gasteiger partial charge in [-0.25, -0.2) is 4.98 Å². The molecule has 1 unspecified atom stereocenters. The first-order chi connectivity index (χ1) is 9.79. The first-order valence-corrected chi connectivity index (χ1v) is 9.73. The second-order valence-electron chi connectivity index (χ2n) is 5.09. The summed E-state index contributed by atoms with van der Waals surface area (Å²) in [7, 11) is 0. The fourth-order valence-electron chi connectivity index (χ4n) is 2.73. The van der Waals surface area contributed by atoms with Crippen LogP contribution in [-0.4, -0.2) is 37.9 Å². The van der Waals surface area contributed by atoms with Crippen molar-refractivity contribution in [2.24, 2.45) is 0 Å². The number of halogens is 1. The molecule has 1 atom stereocenters. The smallest absolute Gasteiger partial charge is 0.111 e. The van der Waals surface area contributed by atoms with E-state index in [9.17, 15) is 0 Å². The van der Waals surface area contributed by atoms with Crippen molar-refractivity contribution in [1.29, 1.82) is 0 Å². The Bertz CT molecular complexity index is 591. The fraction of sp³-hybridized carbons (Fsp3) is 0.533. The van der Waals surface area contributed by atoms with Crippen LogP contribution < -0.4 is 0 Å². The fourth-order valence-corrected chi connectivity index (χ4v) is 5.55. The molecule has 0 N–H and O–H groups in total. The van der Waals surface area contributed by atoms with E-state index in [0.29, 0.717) is 11.1 Å². The maximum absolute atomic E-state index is 5.96. The van der Waals surface area contributed by atoms with Gasteiger partial charge in [0.1, 0.15) is 5.82 Å². The molecule has 108 valence electrons. The third-order valence-corrected chi connectivity index (χ3v) is 6.65. The SMILES string of the molecule is Cc1cccc2nc(CCCl)n(CC3CSCCS3)c12. The number of imidazole rings is 1. The zero-order chi connectivity index (χ0) is 13.9. The van der Waals surface area contributed by atoms with Gasteiger partial charge in [-0.15, -0.1) is 11.6 Å². The van der Waals surface area contributed by atoms with Crippen molar-refractivity contribution in [3.8, 4) is 0 Å². The van der Waals surface area contributed by atoms with E-state index in [1.807, 2.05) is 0 Å². The third kappa shape index (κ3) is 2.97. The minimum absolute atomic E-state index is 0.634. The number of hydrogen-bond acceptors (Lipinski definition) is 3. The number of alkyl halides is 1. The zero-order valence-corrected chi connectivity index (χ0v) is 14.0. The summed E-state index contributed by atoms with van der Waals surface area (Å²) in [6, 6.07) is 6.37. The van der Waals surface area contributed by atoms with Crippen LogP contribution in [0.5, 0.6) is 0 Å². The third-order valence-electron chi connectivity index (χ3n) is 3.64. The Morgan fingerprint density at radius 3 is 3.05 bits per heavy atom. The van der Waals surface area contributed by atoms with Gasteiger partial charge in [0.25, 0.3) is 0 Å². The Morgan fingerprint density at radius 2 is 2.30 bits per heavy atom. The van der Waals surface area contributed by atoms with Crippen LogP contribution in [-0.2, 0) is 13.0 Å². The van der Waals surface area contributed by atoms with Gasteiger partial charge in [-0.1, -0.05) is 12.1 Å². The molecule has 1 aliphatic rings. The van der Waals surface area contributed by atoms with E-state index in [4.69, 9.17) is 16.6 Å². The monoisotopic (exact) mass is 326 g/mol. The van der Waals surface area contributed by atoms with Crippen LogP contribution in [0.2, 0.25) is 0 Å². The Balaban J connectivity index is 1.98. The van der Waals surface area contributed by atoms with E-state index in [0.717, 1.165) is 24.3 Å². The average Bonchev–Trinajstić information content (AvgIpc) is 2.80. The van der Waals surface area contributed by atoms with E-state index < -0.39 is 0 Å². The first kappa shape index (κ1) is 14.6. The van der Waals surface area contributed by atoms with Gasteiger partial charge in [0.15, 0.2) is 0 Å². The molecule has 5 heteroatoms. The maximum Gasteiger partial charge on any atom is 0.111 e. The van der Waals surface area contributed by atoms with Crippen molar-refractivity contribution >= 4 is 46.2 Å². The second kappa shape index (κ2) is 6.63. The van der Waals surface area contributed by atoms with Gasteiger partial charge >= 0.3 is 0 Å². The van der Waals surface area contributed by atoms with Crippen LogP contribution in [0.25, 0.3) is 11.0 Å². The first-order valence-electron chi connectivity index (χ1n) is 6.99. The molecular weight excluding hydrogens is 308 g/mol. The maximum atomic E-state index is 5.96. The standard InChI is InChI=1S/C15H19ClN2S2/c1-11-3-2-4-13-15(11)18(14(17-13)5-6-16)9-12-10-19-7-8-20-12/h2-4,12H,5-10H2,1H3. The number of aromatic nitrogens is 2. The number of nitrogens with zero attached hydrogens (tertiary/aromatic N) is 2. The van der Waals surface area contributed by atoms with E-state index in [1.165, 1.54) is 28.3 Å². The van der Waals surface area contributed by atoms with Crippen molar-refractivity contribution in [3.63, 3.8) is 0 Å². The summed E-state index contributed by atoms with van der Waals surface area (Å²) in [4.78, 5) is 4.79. The molecule has 0 radical (unpaired) electrons.